The van der Waals surface area contributed by atoms with Crippen LogP contribution in [0, 0.1) is 13.8 Å². The number of methoxy groups -OCH3 is 1. The Morgan fingerprint density at radius 1 is 1.18 bits per heavy atom. The molecule has 0 aliphatic rings. The van der Waals surface area contributed by atoms with Crippen LogP contribution in [0.5, 0.6) is 5.75 Å². The highest BCUT2D eigenvalue weighted by Crippen LogP contribution is 2.31. The molecule has 8 nitrogen and oxygen atoms in total. The van der Waals surface area contributed by atoms with Gasteiger partial charge in [0, 0.05) is 23.0 Å². The van der Waals surface area contributed by atoms with E-state index in [0.29, 0.717) is 21.5 Å². The standard InChI is InChI=1S/C23H24Cl2N4O4S/c1-15-11-17(16(2)29(15)21-10-6-9-20(24)23(21)25)13-26-27-22(30)14-28(34(4,31)32)18-7-5-8-19(12-18)33-3/h5-13H,14H2,1-4H3,(H,27,30)/b26-13-. The third-order valence-electron chi connectivity index (χ3n) is 5.06. The highest BCUT2D eigenvalue weighted by atomic mass is 35.5. The number of hydrogen-bond donors (Lipinski definition) is 1. The van der Waals surface area contributed by atoms with Crippen LogP contribution in [0.25, 0.3) is 5.69 Å². The Bertz CT molecular complexity index is 1350. The lowest BCUT2D eigenvalue weighted by molar-refractivity contribution is -0.119. The van der Waals surface area contributed by atoms with Crippen LogP contribution in [0.1, 0.15) is 17.0 Å². The van der Waals surface area contributed by atoms with Gasteiger partial charge in [0.2, 0.25) is 10.0 Å². The van der Waals surface area contributed by atoms with Gasteiger partial charge >= 0.3 is 0 Å². The Labute approximate surface area is 208 Å². The monoisotopic (exact) mass is 522 g/mol. The van der Waals surface area contributed by atoms with Crippen LogP contribution in [0.4, 0.5) is 5.69 Å². The van der Waals surface area contributed by atoms with Gasteiger partial charge in [-0.15, -0.1) is 0 Å². The summed E-state index contributed by atoms with van der Waals surface area (Å²) in [6, 6.07) is 13.7. The molecule has 0 unspecified atom stereocenters. The third-order valence-corrected chi connectivity index (χ3v) is 7.01. The van der Waals surface area contributed by atoms with Gasteiger partial charge in [-0.05, 0) is 44.2 Å². The molecular formula is C23H24Cl2N4O4S. The first kappa shape index (κ1) is 25.6. The largest absolute Gasteiger partial charge is 0.497 e. The number of aromatic nitrogens is 1. The SMILES string of the molecule is COc1cccc(N(CC(=O)N/N=C\c2cc(C)n(-c3cccc(Cl)c3Cl)c2C)S(C)(=O)=O)c1. The molecule has 0 bridgehead atoms. The number of halogens is 2. The Hall–Kier alpha value is -3.01. The Kier molecular flexibility index (Phi) is 7.91. The van der Waals surface area contributed by atoms with E-state index in [0.717, 1.165) is 33.2 Å². The van der Waals surface area contributed by atoms with Crippen molar-refractivity contribution in [1.29, 1.82) is 0 Å². The molecule has 3 aromatic rings. The fraction of sp³-hybridized carbons (Fsp3) is 0.217. The Morgan fingerprint density at radius 2 is 1.88 bits per heavy atom. The molecule has 0 aliphatic heterocycles. The number of sulfonamides is 1. The number of rotatable bonds is 8. The average Bonchev–Trinajstić information content (AvgIpc) is 3.06. The number of ether oxygens (including phenoxy) is 1. The molecule has 0 spiro atoms. The predicted molar refractivity (Wildman–Crippen MR) is 136 cm³/mol. The summed E-state index contributed by atoms with van der Waals surface area (Å²) in [5, 5.41) is 4.89. The fourth-order valence-electron chi connectivity index (χ4n) is 3.46. The van der Waals surface area contributed by atoms with Crippen LogP contribution in [0.2, 0.25) is 10.0 Å². The molecule has 1 heterocycles. The third kappa shape index (κ3) is 5.72. The maximum atomic E-state index is 12.5. The highest BCUT2D eigenvalue weighted by Gasteiger charge is 2.21. The summed E-state index contributed by atoms with van der Waals surface area (Å²) in [6.07, 6.45) is 2.52. The summed E-state index contributed by atoms with van der Waals surface area (Å²) in [4.78, 5) is 12.5. The van der Waals surface area contributed by atoms with E-state index >= 15 is 0 Å². The molecule has 1 N–H and O–H groups in total. The van der Waals surface area contributed by atoms with E-state index in [2.05, 4.69) is 10.5 Å². The first-order chi connectivity index (χ1) is 16.0. The summed E-state index contributed by atoms with van der Waals surface area (Å²) in [5.74, 6) is -0.129. The van der Waals surface area contributed by atoms with Crippen molar-refractivity contribution in [2.45, 2.75) is 13.8 Å². The van der Waals surface area contributed by atoms with E-state index in [-0.39, 0.29) is 0 Å². The molecule has 0 saturated carbocycles. The second-order valence-electron chi connectivity index (χ2n) is 7.50. The van der Waals surface area contributed by atoms with E-state index in [4.69, 9.17) is 27.9 Å². The molecule has 1 amide bonds. The summed E-state index contributed by atoms with van der Waals surface area (Å²) in [7, 11) is -2.25. The van der Waals surface area contributed by atoms with E-state index in [1.54, 1.807) is 24.3 Å². The van der Waals surface area contributed by atoms with Crippen molar-refractivity contribution >= 4 is 51.0 Å². The van der Waals surface area contributed by atoms with Gasteiger partial charge in [-0.1, -0.05) is 35.3 Å². The number of benzene rings is 2. The topological polar surface area (TPSA) is 93.0 Å². The molecular weight excluding hydrogens is 499 g/mol. The molecule has 1 aromatic heterocycles. The van der Waals surface area contributed by atoms with Crippen molar-refractivity contribution in [1.82, 2.24) is 9.99 Å². The lowest BCUT2D eigenvalue weighted by Crippen LogP contribution is -2.39. The van der Waals surface area contributed by atoms with Crippen LogP contribution >= 0.6 is 23.2 Å². The Balaban J connectivity index is 1.77. The molecule has 0 atom stereocenters. The minimum Gasteiger partial charge on any atom is -0.497 e. The Morgan fingerprint density at radius 3 is 2.56 bits per heavy atom. The quantitative estimate of drug-likeness (QED) is 0.352. The lowest BCUT2D eigenvalue weighted by atomic mass is 10.2. The number of hydrazone groups is 1. The average molecular weight is 523 g/mol. The van der Waals surface area contributed by atoms with E-state index < -0.39 is 22.5 Å². The molecule has 0 aliphatic carbocycles. The molecule has 0 saturated heterocycles. The van der Waals surface area contributed by atoms with E-state index in [1.807, 2.05) is 36.6 Å². The van der Waals surface area contributed by atoms with Crippen LogP contribution < -0.4 is 14.5 Å². The number of amides is 1. The van der Waals surface area contributed by atoms with E-state index in [1.165, 1.54) is 19.4 Å². The van der Waals surface area contributed by atoms with Crippen LogP contribution in [0.3, 0.4) is 0 Å². The zero-order valence-corrected chi connectivity index (χ0v) is 21.4. The van der Waals surface area contributed by atoms with Gasteiger partial charge in [-0.25, -0.2) is 13.8 Å². The van der Waals surface area contributed by atoms with Gasteiger partial charge in [0.25, 0.3) is 5.91 Å². The minimum absolute atomic E-state index is 0.308. The van der Waals surface area contributed by atoms with Gasteiger partial charge in [-0.3, -0.25) is 9.10 Å². The van der Waals surface area contributed by atoms with Gasteiger partial charge in [0.1, 0.15) is 12.3 Å². The second-order valence-corrected chi connectivity index (χ2v) is 10.2. The first-order valence-electron chi connectivity index (χ1n) is 10.1. The van der Waals surface area contributed by atoms with Crippen molar-refractivity contribution in [3.05, 3.63) is 75.5 Å². The van der Waals surface area contributed by atoms with Crippen LogP contribution in [-0.2, 0) is 14.8 Å². The van der Waals surface area contributed by atoms with Gasteiger partial charge < -0.3 is 9.30 Å². The molecule has 34 heavy (non-hydrogen) atoms. The normalized spacial score (nSPS) is 11.6. The fourth-order valence-corrected chi connectivity index (χ4v) is 4.69. The van der Waals surface area contributed by atoms with Crippen molar-refractivity contribution in [2.24, 2.45) is 5.10 Å². The summed E-state index contributed by atoms with van der Waals surface area (Å²) in [5.41, 5.74) is 5.92. The van der Waals surface area contributed by atoms with Crippen molar-refractivity contribution in [2.75, 3.05) is 24.2 Å². The second kappa shape index (κ2) is 10.5. The molecule has 0 fully saturated rings. The van der Waals surface area contributed by atoms with Gasteiger partial charge in [-0.2, -0.15) is 5.10 Å². The maximum absolute atomic E-state index is 12.5. The molecule has 3 rings (SSSR count). The number of nitrogens with zero attached hydrogens (tertiary/aromatic N) is 3. The first-order valence-corrected chi connectivity index (χ1v) is 12.7. The van der Waals surface area contributed by atoms with Gasteiger partial charge in [0.05, 0.1) is 41.0 Å². The highest BCUT2D eigenvalue weighted by molar-refractivity contribution is 7.92. The van der Waals surface area contributed by atoms with E-state index in [9.17, 15) is 13.2 Å². The number of hydrogen-bond acceptors (Lipinski definition) is 5. The van der Waals surface area contributed by atoms with Crippen molar-refractivity contribution in [3.63, 3.8) is 0 Å². The smallest absolute Gasteiger partial charge is 0.260 e. The zero-order valence-electron chi connectivity index (χ0n) is 19.0. The van der Waals surface area contributed by atoms with Crippen LogP contribution in [0.15, 0.2) is 53.6 Å². The number of anilines is 1. The molecule has 0 radical (unpaired) electrons. The summed E-state index contributed by atoms with van der Waals surface area (Å²) < 4.78 is 32.6. The zero-order chi connectivity index (χ0) is 25.0. The van der Waals surface area contributed by atoms with Crippen molar-refractivity contribution in [3.8, 4) is 11.4 Å². The number of nitrogens with one attached hydrogen (secondary N) is 1. The number of carbonyl (C=O) groups excluding carboxylic acids is 1. The van der Waals surface area contributed by atoms with Crippen LogP contribution in [-0.4, -0.2) is 45.0 Å². The summed E-state index contributed by atoms with van der Waals surface area (Å²) in [6.45, 7) is 3.36. The van der Waals surface area contributed by atoms with Crippen molar-refractivity contribution < 1.29 is 17.9 Å². The molecule has 2 aromatic carbocycles. The summed E-state index contributed by atoms with van der Waals surface area (Å²) >= 11 is 12.5. The molecule has 11 heteroatoms. The molecule has 180 valence electrons. The van der Waals surface area contributed by atoms with Gasteiger partial charge in [0.15, 0.2) is 0 Å². The predicted octanol–water partition coefficient (Wildman–Crippen LogP) is 4.33. The number of carbonyl (C=O) groups is 1. The minimum atomic E-state index is -3.72. The maximum Gasteiger partial charge on any atom is 0.260 e. The lowest BCUT2D eigenvalue weighted by Gasteiger charge is -2.21. The number of aryl methyl sites for hydroxylation is 1.